The number of hydrogen-bond donors (Lipinski definition) is 2. The highest BCUT2D eigenvalue weighted by Crippen LogP contribution is 2.05. The number of nitrogens with zero attached hydrogens (tertiary/aromatic N) is 1. The maximum absolute atomic E-state index is 11.7. The zero-order chi connectivity index (χ0) is 12.7. The molecule has 0 radical (unpaired) electrons. The number of nitrogens with one attached hydrogen (secondary N) is 2. The van der Waals surface area contributed by atoms with Crippen molar-refractivity contribution in [3.8, 4) is 0 Å². The van der Waals surface area contributed by atoms with E-state index >= 15 is 0 Å². The van der Waals surface area contributed by atoms with Gasteiger partial charge in [0, 0.05) is 18.6 Å². The molecule has 2 unspecified atom stereocenters. The summed E-state index contributed by atoms with van der Waals surface area (Å²) < 4.78 is 0. The van der Waals surface area contributed by atoms with Gasteiger partial charge in [0.15, 0.2) is 0 Å². The van der Waals surface area contributed by atoms with E-state index in [1.54, 1.807) is 0 Å². The van der Waals surface area contributed by atoms with Crippen molar-refractivity contribution >= 4 is 5.91 Å². The SMILES string of the molecule is CCCC(C)NC(=O)CN(C)CC1CCCN1. The molecule has 1 aliphatic heterocycles. The highest BCUT2D eigenvalue weighted by Gasteiger charge is 2.17. The van der Waals surface area contributed by atoms with Crippen LogP contribution in [0.2, 0.25) is 0 Å². The predicted octanol–water partition coefficient (Wildman–Crippen LogP) is 0.975. The summed E-state index contributed by atoms with van der Waals surface area (Å²) in [5, 5.41) is 6.48. The van der Waals surface area contributed by atoms with Crippen LogP contribution in [-0.2, 0) is 4.79 Å². The van der Waals surface area contributed by atoms with Crippen LogP contribution >= 0.6 is 0 Å². The van der Waals surface area contributed by atoms with Crippen LogP contribution in [0.5, 0.6) is 0 Å². The van der Waals surface area contributed by atoms with Crippen LogP contribution in [0.1, 0.15) is 39.5 Å². The Morgan fingerprint density at radius 3 is 2.94 bits per heavy atom. The molecule has 0 spiro atoms. The molecule has 0 saturated carbocycles. The average molecular weight is 241 g/mol. The maximum Gasteiger partial charge on any atom is 0.234 e. The van der Waals surface area contributed by atoms with Gasteiger partial charge in [-0.1, -0.05) is 13.3 Å². The van der Waals surface area contributed by atoms with Crippen molar-refractivity contribution in [2.75, 3.05) is 26.7 Å². The smallest absolute Gasteiger partial charge is 0.234 e. The van der Waals surface area contributed by atoms with Crippen LogP contribution in [0.4, 0.5) is 0 Å². The summed E-state index contributed by atoms with van der Waals surface area (Å²) in [5.74, 6) is 0.145. The number of hydrogen-bond acceptors (Lipinski definition) is 3. The molecule has 0 aromatic carbocycles. The Morgan fingerprint density at radius 1 is 1.59 bits per heavy atom. The van der Waals surface area contributed by atoms with E-state index in [-0.39, 0.29) is 5.91 Å². The molecular weight excluding hydrogens is 214 g/mol. The summed E-state index contributed by atoms with van der Waals surface area (Å²) >= 11 is 0. The standard InChI is InChI=1S/C13H27N3O/c1-4-6-11(2)15-13(17)10-16(3)9-12-7-5-8-14-12/h11-12,14H,4-10H2,1-3H3,(H,15,17). The van der Waals surface area contributed by atoms with Gasteiger partial charge in [-0.25, -0.2) is 0 Å². The summed E-state index contributed by atoms with van der Waals surface area (Å²) in [7, 11) is 2.02. The minimum Gasteiger partial charge on any atom is -0.353 e. The zero-order valence-corrected chi connectivity index (χ0v) is 11.5. The quantitative estimate of drug-likeness (QED) is 0.698. The Bertz CT molecular complexity index is 227. The van der Waals surface area contributed by atoms with E-state index in [0.717, 1.165) is 25.9 Å². The van der Waals surface area contributed by atoms with E-state index in [0.29, 0.717) is 18.6 Å². The van der Waals surface area contributed by atoms with E-state index in [9.17, 15) is 4.79 Å². The lowest BCUT2D eigenvalue weighted by molar-refractivity contribution is -0.122. The Balaban J connectivity index is 2.15. The molecule has 0 aromatic rings. The molecule has 0 aromatic heterocycles. The van der Waals surface area contributed by atoms with E-state index in [4.69, 9.17) is 0 Å². The lowest BCUT2D eigenvalue weighted by atomic mass is 10.2. The molecule has 17 heavy (non-hydrogen) atoms. The van der Waals surface area contributed by atoms with Crippen LogP contribution in [0, 0.1) is 0 Å². The fourth-order valence-corrected chi connectivity index (χ4v) is 2.42. The van der Waals surface area contributed by atoms with Crippen LogP contribution in [-0.4, -0.2) is 49.6 Å². The van der Waals surface area contributed by atoms with Crippen molar-refractivity contribution in [1.82, 2.24) is 15.5 Å². The molecule has 0 aliphatic carbocycles. The van der Waals surface area contributed by atoms with Crippen molar-refractivity contribution in [2.45, 2.75) is 51.6 Å². The first kappa shape index (κ1) is 14.5. The van der Waals surface area contributed by atoms with Crippen molar-refractivity contribution in [3.05, 3.63) is 0 Å². The van der Waals surface area contributed by atoms with Crippen molar-refractivity contribution in [3.63, 3.8) is 0 Å². The predicted molar refractivity (Wildman–Crippen MR) is 71.0 cm³/mol. The van der Waals surface area contributed by atoms with E-state index < -0.39 is 0 Å². The third-order valence-corrected chi connectivity index (χ3v) is 3.24. The average Bonchev–Trinajstić information content (AvgIpc) is 2.69. The highest BCUT2D eigenvalue weighted by atomic mass is 16.2. The van der Waals surface area contributed by atoms with Crippen LogP contribution in [0.15, 0.2) is 0 Å². The normalized spacial score (nSPS) is 21.8. The number of amides is 1. The molecule has 2 N–H and O–H groups in total. The molecule has 1 fully saturated rings. The van der Waals surface area contributed by atoms with Crippen LogP contribution in [0.25, 0.3) is 0 Å². The van der Waals surface area contributed by atoms with Crippen molar-refractivity contribution in [2.24, 2.45) is 0 Å². The second-order valence-electron chi connectivity index (χ2n) is 5.25. The molecule has 1 amide bonds. The number of likely N-dealkylation sites (N-methyl/N-ethyl adjacent to an activating group) is 1. The largest absolute Gasteiger partial charge is 0.353 e. The summed E-state index contributed by atoms with van der Waals surface area (Å²) in [6, 6.07) is 0.867. The Kier molecular flexibility index (Phi) is 6.52. The van der Waals surface area contributed by atoms with Gasteiger partial charge in [0.2, 0.25) is 5.91 Å². The Morgan fingerprint density at radius 2 is 2.35 bits per heavy atom. The van der Waals surface area contributed by atoms with E-state index in [1.807, 2.05) is 7.05 Å². The molecule has 1 saturated heterocycles. The van der Waals surface area contributed by atoms with Gasteiger partial charge in [0.05, 0.1) is 6.54 Å². The highest BCUT2D eigenvalue weighted by molar-refractivity contribution is 5.78. The van der Waals surface area contributed by atoms with Gasteiger partial charge in [-0.2, -0.15) is 0 Å². The molecule has 100 valence electrons. The number of carbonyl (C=O) groups is 1. The first-order valence-corrected chi connectivity index (χ1v) is 6.83. The van der Waals surface area contributed by atoms with Gasteiger partial charge in [0.25, 0.3) is 0 Å². The summed E-state index contributed by atoms with van der Waals surface area (Å²) in [6.45, 7) is 6.81. The van der Waals surface area contributed by atoms with Crippen molar-refractivity contribution < 1.29 is 4.79 Å². The second-order valence-corrected chi connectivity index (χ2v) is 5.25. The molecular formula is C13H27N3O. The number of rotatable bonds is 7. The molecule has 4 heteroatoms. The van der Waals surface area contributed by atoms with Gasteiger partial charge in [-0.3, -0.25) is 9.69 Å². The summed E-state index contributed by atoms with van der Waals surface area (Å²) in [6.07, 6.45) is 4.67. The van der Waals surface area contributed by atoms with Gasteiger partial charge < -0.3 is 10.6 Å². The molecule has 1 heterocycles. The number of carbonyl (C=O) groups excluding carboxylic acids is 1. The van der Waals surface area contributed by atoms with Gasteiger partial charge in [0.1, 0.15) is 0 Å². The molecule has 1 rings (SSSR count). The molecule has 2 atom stereocenters. The summed E-state index contributed by atoms with van der Waals surface area (Å²) in [4.78, 5) is 13.8. The zero-order valence-electron chi connectivity index (χ0n) is 11.5. The monoisotopic (exact) mass is 241 g/mol. The van der Waals surface area contributed by atoms with Gasteiger partial charge in [-0.15, -0.1) is 0 Å². The third-order valence-electron chi connectivity index (χ3n) is 3.24. The Labute approximate surface area is 105 Å². The third kappa shape index (κ3) is 6.03. The molecule has 1 aliphatic rings. The first-order chi connectivity index (χ1) is 8.11. The maximum atomic E-state index is 11.7. The Hall–Kier alpha value is -0.610. The van der Waals surface area contributed by atoms with Gasteiger partial charge >= 0.3 is 0 Å². The van der Waals surface area contributed by atoms with Crippen LogP contribution < -0.4 is 10.6 Å². The second kappa shape index (κ2) is 7.67. The lowest BCUT2D eigenvalue weighted by Gasteiger charge is -2.21. The lowest BCUT2D eigenvalue weighted by Crippen LogP contribution is -2.43. The van der Waals surface area contributed by atoms with E-state index in [2.05, 4.69) is 29.4 Å². The summed E-state index contributed by atoms with van der Waals surface area (Å²) in [5.41, 5.74) is 0. The minimum absolute atomic E-state index is 0.145. The van der Waals surface area contributed by atoms with E-state index in [1.165, 1.54) is 12.8 Å². The van der Waals surface area contributed by atoms with Crippen molar-refractivity contribution in [1.29, 1.82) is 0 Å². The fourth-order valence-electron chi connectivity index (χ4n) is 2.42. The topological polar surface area (TPSA) is 44.4 Å². The minimum atomic E-state index is 0.145. The van der Waals surface area contributed by atoms with Gasteiger partial charge in [-0.05, 0) is 39.8 Å². The first-order valence-electron chi connectivity index (χ1n) is 6.83. The van der Waals surface area contributed by atoms with Crippen LogP contribution in [0.3, 0.4) is 0 Å². The fraction of sp³-hybridized carbons (Fsp3) is 0.923. The molecule has 0 bridgehead atoms. The molecule has 4 nitrogen and oxygen atoms in total.